The summed E-state index contributed by atoms with van der Waals surface area (Å²) in [5.41, 5.74) is 1.45. The van der Waals surface area contributed by atoms with Crippen molar-refractivity contribution in [3.05, 3.63) is 66.2 Å². The zero-order valence-electron chi connectivity index (χ0n) is 12.2. The Morgan fingerprint density at radius 1 is 1.00 bits per heavy atom. The summed E-state index contributed by atoms with van der Waals surface area (Å²) in [4.78, 5) is 11.8. The highest BCUT2D eigenvalue weighted by Crippen LogP contribution is 2.34. The number of phenols is 2. The molecule has 0 heterocycles. The maximum Gasteiger partial charge on any atom is 0.411 e. The van der Waals surface area contributed by atoms with Crippen molar-refractivity contribution in [3.8, 4) is 11.5 Å². The third kappa shape index (κ3) is 3.35. The number of anilines is 1. The fourth-order valence-corrected chi connectivity index (χ4v) is 2.26. The van der Waals surface area contributed by atoms with Gasteiger partial charge in [-0.1, -0.05) is 36.4 Å². The van der Waals surface area contributed by atoms with Gasteiger partial charge < -0.3 is 14.9 Å². The molecule has 0 spiro atoms. The number of aromatic hydroxyl groups is 2. The largest absolute Gasteiger partial charge is 0.504 e. The molecular formula is C18H15NO4. The number of carbonyl (C=O) groups excluding carboxylic acids is 1. The van der Waals surface area contributed by atoms with E-state index in [0.717, 1.165) is 5.56 Å². The zero-order chi connectivity index (χ0) is 16.2. The van der Waals surface area contributed by atoms with Gasteiger partial charge in [-0.3, -0.25) is 5.32 Å². The van der Waals surface area contributed by atoms with Crippen LogP contribution < -0.4 is 5.32 Å². The van der Waals surface area contributed by atoms with Crippen molar-refractivity contribution in [1.29, 1.82) is 0 Å². The summed E-state index contributed by atoms with van der Waals surface area (Å²) in [7, 11) is 0. The second-order valence-electron chi connectivity index (χ2n) is 5.06. The normalized spacial score (nSPS) is 10.4. The standard InChI is InChI=1S/C18H15NO4/c20-16-9-6-13-10-14(7-8-15(13)17(16)21)19-18(22)23-11-12-4-2-1-3-5-12/h1-10,20-21H,11H2,(H,19,22). The van der Waals surface area contributed by atoms with E-state index in [4.69, 9.17) is 4.74 Å². The molecule has 0 atom stereocenters. The second kappa shape index (κ2) is 6.27. The van der Waals surface area contributed by atoms with Crippen LogP contribution in [0.3, 0.4) is 0 Å². The summed E-state index contributed by atoms with van der Waals surface area (Å²) in [5, 5.41) is 23.1. The lowest BCUT2D eigenvalue weighted by Gasteiger charge is -2.09. The molecule has 5 heteroatoms. The van der Waals surface area contributed by atoms with Gasteiger partial charge in [-0.25, -0.2) is 4.79 Å². The molecular weight excluding hydrogens is 294 g/mol. The molecule has 0 bridgehead atoms. The number of benzene rings is 3. The van der Waals surface area contributed by atoms with Crippen molar-refractivity contribution in [3.63, 3.8) is 0 Å². The number of fused-ring (bicyclic) bond motifs is 1. The molecule has 1 amide bonds. The van der Waals surface area contributed by atoms with Gasteiger partial charge in [0, 0.05) is 11.1 Å². The van der Waals surface area contributed by atoms with Crippen molar-refractivity contribution in [2.75, 3.05) is 5.32 Å². The van der Waals surface area contributed by atoms with Crippen LogP contribution in [0.2, 0.25) is 0 Å². The molecule has 5 nitrogen and oxygen atoms in total. The van der Waals surface area contributed by atoms with Crippen molar-refractivity contribution in [1.82, 2.24) is 0 Å². The molecule has 3 aromatic carbocycles. The van der Waals surface area contributed by atoms with E-state index in [-0.39, 0.29) is 18.1 Å². The van der Waals surface area contributed by atoms with Gasteiger partial charge in [-0.05, 0) is 35.2 Å². The quantitative estimate of drug-likeness (QED) is 0.639. The number of rotatable bonds is 3. The lowest BCUT2D eigenvalue weighted by molar-refractivity contribution is 0.155. The SMILES string of the molecule is O=C(Nc1ccc2c(O)c(O)ccc2c1)OCc1ccccc1. The molecule has 0 saturated carbocycles. The minimum absolute atomic E-state index is 0.180. The Kier molecular flexibility index (Phi) is 4.01. The number of amides is 1. The summed E-state index contributed by atoms with van der Waals surface area (Å²) in [6.45, 7) is 0.189. The first-order valence-corrected chi connectivity index (χ1v) is 7.06. The van der Waals surface area contributed by atoms with E-state index in [2.05, 4.69) is 5.32 Å². The van der Waals surface area contributed by atoms with Gasteiger partial charge in [0.2, 0.25) is 0 Å². The first-order valence-electron chi connectivity index (χ1n) is 7.06. The molecule has 3 aromatic rings. The van der Waals surface area contributed by atoms with Crippen LogP contribution in [-0.4, -0.2) is 16.3 Å². The average Bonchev–Trinajstić information content (AvgIpc) is 2.57. The van der Waals surface area contributed by atoms with E-state index in [1.807, 2.05) is 30.3 Å². The van der Waals surface area contributed by atoms with Gasteiger partial charge in [0.1, 0.15) is 6.61 Å². The van der Waals surface area contributed by atoms with Gasteiger partial charge in [-0.2, -0.15) is 0 Å². The first kappa shape index (κ1) is 14.7. The maximum atomic E-state index is 11.8. The summed E-state index contributed by atoms with van der Waals surface area (Å²) in [6, 6.07) is 17.4. The number of hydrogen-bond acceptors (Lipinski definition) is 4. The van der Waals surface area contributed by atoms with Gasteiger partial charge in [0.15, 0.2) is 11.5 Å². The van der Waals surface area contributed by atoms with Gasteiger partial charge in [0.25, 0.3) is 0 Å². The second-order valence-corrected chi connectivity index (χ2v) is 5.06. The summed E-state index contributed by atoms with van der Waals surface area (Å²) in [5.74, 6) is -0.360. The van der Waals surface area contributed by atoms with E-state index in [9.17, 15) is 15.0 Å². The Balaban J connectivity index is 1.69. The number of hydrogen-bond donors (Lipinski definition) is 3. The van der Waals surface area contributed by atoms with Crippen LogP contribution in [0.5, 0.6) is 11.5 Å². The Hall–Kier alpha value is -3.21. The minimum Gasteiger partial charge on any atom is -0.504 e. The summed E-state index contributed by atoms with van der Waals surface area (Å²) in [6.07, 6.45) is -0.559. The van der Waals surface area contributed by atoms with Crippen LogP contribution in [-0.2, 0) is 11.3 Å². The predicted molar refractivity (Wildman–Crippen MR) is 87.5 cm³/mol. The maximum absolute atomic E-state index is 11.8. The van der Waals surface area contributed by atoms with Crippen LogP contribution in [0.1, 0.15) is 5.56 Å². The van der Waals surface area contributed by atoms with Crippen LogP contribution in [0, 0.1) is 0 Å². The van der Waals surface area contributed by atoms with E-state index >= 15 is 0 Å². The first-order chi connectivity index (χ1) is 11.1. The molecule has 0 aliphatic carbocycles. The monoisotopic (exact) mass is 309 g/mol. The van der Waals surface area contributed by atoms with Gasteiger partial charge >= 0.3 is 6.09 Å². The highest BCUT2D eigenvalue weighted by atomic mass is 16.5. The molecule has 3 N–H and O–H groups in total. The Bertz CT molecular complexity index is 846. The lowest BCUT2D eigenvalue weighted by Crippen LogP contribution is -2.13. The van der Waals surface area contributed by atoms with E-state index in [1.54, 1.807) is 24.3 Å². The highest BCUT2D eigenvalue weighted by molar-refractivity contribution is 5.95. The molecule has 0 unspecified atom stereocenters. The molecule has 3 rings (SSSR count). The minimum atomic E-state index is -0.559. The topological polar surface area (TPSA) is 78.8 Å². The van der Waals surface area contributed by atoms with E-state index in [1.165, 1.54) is 6.07 Å². The third-order valence-electron chi connectivity index (χ3n) is 3.43. The summed E-state index contributed by atoms with van der Waals surface area (Å²) < 4.78 is 5.15. The van der Waals surface area contributed by atoms with Crippen LogP contribution in [0.4, 0.5) is 10.5 Å². The fraction of sp³-hybridized carbons (Fsp3) is 0.0556. The fourth-order valence-electron chi connectivity index (χ4n) is 2.26. The van der Waals surface area contributed by atoms with Crippen LogP contribution in [0.15, 0.2) is 60.7 Å². The molecule has 0 aromatic heterocycles. The zero-order valence-corrected chi connectivity index (χ0v) is 12.2. The summed E-state index contributed by atoms with van der Waals surface area (Å²) >= 11 is 0. The van der Waals surface area contributed by atoms with Crippen LogP contribution in [0.25, 0.3) is 10.8 Å². The third-order valence-corrected chi connectivity index (χ3v) is 3.43. The molecule has 0 aliphatic rings. The number of carbonyl (C=O) groups is 1. The molecule has 0 fully saturated rings. The Labute approximate surface area is 132 Å². The van der Waals surface area contributed by atoms with Crippen molar-refractivity contribution in [2.45, 2.75) is 6.61 Å². The van der Waals surface area contributed by atoms with E-state index in [0.29, 0.717) is 16.5 Å². The highest BCUT2D eigenvalue weighted by Gasteiger charge is 2.08. The number of nitrogens with one attached hydrogen (secondary N) is 1. The molecule has 23 heavy (non-hydrogen) atoms. The number of ether oxygens (including phenoxy) is 1. The van der Waals surface area contributed by atoms with E-state index < -0.39 is 6.09 Å². The van der Waals surface area contributed by atoms with Crippen molar-refractivity contribution < 1.29 is 19.7 Å². The molecule has 116 valence electrons. The Morgan fingerprint density at radius 3 is 2.57 bits per heavy atom. The molecule has 0 saturated heterocycles. The smallest absolute Gasteiger partial charge is 0.411 e. The predicted octanol–water partition coefficient (Wildman–Crippen LogP) is 4.00. The molecule has 0 aliphatic heterocycles. The molecule has 0 radical (unpaired) electrons. The van der Waals surface area contributed by atoms with Crippen molar-refractivity contribution >= 4 is 22.6 Å². The van der Waals surface area contributed by atoms with Crippen LogP contribution >= 0.6 is 0 Å². The lowest BCUT2D eigenvalue weighted by atomic mass is 10.1. The van der Waals surface area contributed by atoms with Gasteiger partial charge in [0.05, 0.1) is 0 Å². The average molecular weight is 309 g/mol. The van der Waals surface area contributed by atoms with Gasteiger partial charge in [-0.15, -0.1) is 0 Å². The Morgan fingerprint density at radius 2 is 1.78 bits per heavy atom. The number of phenolic OH excluding ortho intramolecular Hbond substituents is 2. The van der Waals surface area contributed by atoms with Crippen molar-refractivity contribution in [2.24, 2.45) is 0 Å².